The average molecular weight is 319 g/mol. The highest BCUT2D eigenvalue weighted by molar-refractivity contribution is 7.98. The third-order valence-electron chi connectivity index (χ3n) is 3.72. The number of aromatic nitrogens is 1. The molecular formula is C19H17N3S. The van der Waals surface area contributed by atoms with Crippen molar-refractivity contribution < 1.29 is 0 Å². The molecular weight excluding hydrogens is 302 g/mol. The van der Waals surface area contributed by atoms with Gasteiger partial charge in [0.05, 0.1) is 11.2 Å². The number of pyridine rings is 1. The molecule has 0 saturated heterocycles. The summed E-state index contributed by atoms with van der Waals surface area (Å²) < 4.78 is 0. The smallest absolute Gasteiger partial charge is 0.116 e. The molecule has 0 aliphatic heterocycles. The van der Waals surface area contributed by atoms with E-state index in [2.05, 4.69) is 47.6 Å². The van der Waals surface area contributed by atoms with Gasteiger partial charge in [-0.25, -0.2) is 4.98 Å². The predicted molar refractivity (Wildman–Crippen MR) is 96.7 cm³/mol. The quantitative estimate of drug-likeness (QED) is 0.705. The first-order chi connectivity index (χ1) is 11.2. The molecule has 0 bridgehead atoms. The zero-order valence-electron chi connectivity index (χ0n) is 13.1. The van der Waals surface area contributed by atoms with Gasteiger partial charge < -0.3 is 5.32 Å². The van der Waals surface area contributed by atoms with Crippen molar-refractivity contribution in [1.29, 1.82) is 5.26 Å². The molecule has 3 nitrogen and oxygen atoms in total. The van der Waals surface area contributed by atoms with Crippen LogP contribution in [0, 0.1) is 18.3 Å². The molecule has 1 aromatic heterocycles. The van der Waals surface area contributed by atoms with Gasteiger partial charge in [0.15, 0.2) is 0 Å². The Morgan fingerprint density at radius 2 is 2.00 bits per heavy atom. The highest BCUT2D eigenvalue weighted by Crippen LogP contribution is 2.32. The summed E-state index contributed by atoms with van der Waals surface area (Å²) in [7, 11) is 0. The summed E-state index contributed by atoms with van der Waals surface area (Å²) in [5.74, 6) is 0. The maximum Gasteiger partial charge on any atom is 0.116 e. The molecule has 3 aromatic rings. The molecule has 0 fully saturated rings. The fraction of sp³-hybridized carbons (Fsp3) is 0.158. The lowest BCUT2D eigenvalue weighted by atomic mass is 10.1. The molecule has 0 unspecified atom stereocenters. The van der Waals surface area contributed by atoms with Crippen molar-refractivity contribution in [2.75, 3.05) is 11.6 Å². The zero-order valence-corrected chi connectivity index (χ0v) is 13.9. The molecule has 1 N–H and O–H groups in total. The zero-order chi connectivity index (χ0) is 16.2. The van der Waals surface area contributed by atoms with E-state index in [1.54, 1.807) is 0 Å². The van der Waals surface area contributed by atoms with Gasteiger partial charge in [0.2, 0.25) is 0 Å². The van der Waals surface area contributed by atoms with Gasteiger partial charge in [0, 0.05) is 11.9 Å². The Hall–Kier alpha value is -2.51. The van der Waals surface area contributed by atoms with E-state index in [-0.39, 0.29) is 0 Å². The summed E-state index contributed by atoms with van der Waals surface area (Å²) in [6.07, 6.45) is 1.95. The molecule has 23 heavy (non-hydrogen) atoms. The summed E-state index contributed by atoms with van der Waals surface area (Å²) in [5.41, 5.74) is 4.81. The first kappa shape index (κ1) is 15.4. The lowest BCUT2D eigenvalue weighted by Gasteiger charge is -2.14. The van der Waals surface area contributed by atoms with Crippen molar-refractivity contribution in [2.45, 2.75) is 18.5 Å². The van der Waals surface area contributed by atoms with Crippen LogP contribution in [0.2, 0.25) is 0 Å². The van der Waals surface area contributed by atoms with Gasteiger partial charge in [0.25, 0.3) is 0 Å². The maximum absolute atomic E-state index is 9.59. The van der Waals surface area contributed by atoms with Gasteiger partial charge in [-0.3, -0.25) is 0 Å². The normalized spacial score (nSPS) is 10.5. The molecule has 0 aliphatic carbocycles. The van der Waals surface area contributed by atoms with Crippen LogP contribution in [-0.4, -0.2) is 11.2 Å². The van der Waals surface area contributed by atoms with Crippen molar-refractivity contribution in [3.63, 3.8) is 0 Å². The van der Waals surface area contributed by atoms with E-state index in [1.807, 2.05) is 30.5 Å². The number of para-hydroxylation sites is 1. The monoisotopic (exact) mass is 319 g/mol. The Bertz CT molecular complexity index is 897. The standard InChI is InChI=1S/C19H17N3S/c1-13-6-5-7-14(10-13)12-21-18-15-8-3-4-9-17(15)22-19(23-2)16(18)11-20/h3-10H,12H2,1-2H3,(H,21,22). The number of anilines is 1. The minimum atomic E-state index is 0.615. The summed E-state index contributed by atoms with van der Waals surface area (Å²) in [6, 6.07) is 18.6. The number of hydrogen-bond donors (Lipinski definition) is 1. The molecule has 0 radical (unpaired) electrons. The van der Waals surface area contributed by atoms with Crippen LogP contribution in [0.5, 0.6) is 0 Å². The number of rotatable bonds is 4. The summed E-state index contributed by atoms with van der Waals surface area (Å²) in [4.78, 5) is 4.59. The minimum Gasteiger partial charge on any atom is -0.379 e. The number of nitrogens with one attached hydrogen (secondary N) is 1. The second-order valence-corrected chi connectivity index (χ2v) is 6.14. The van der Waals surface area contributed by atoms with E-state index in [4.69, 9.17) is 0 Å². The molecule has 0 saturated carbocycles. The summed E-state index contributed by atoms with van der Waals surface area (Å²) >= 11 is 1.50. The molecule has 0 atom stereocenters. The highest BCUT2D eigenvalue weighted by atomic mass is 32.2. The van der Waals surface area contributed by atoms with E-state index in [0.29, 0.717) is 12.1 Å². The number of benzene rings is 2. The van der Waals surface area contributed by atoms with E-state index in [9.17, 15) is 5.26 Å². The Morgan fingerprint density at radius 3 is 2.74 bits per heavy atom. The molecule has 0 amide bonds. The van der Waals surface area contributed by atoms with Gasteiger partial charge in [-0.15, -0.1) is 11.8 Å². The maximum atomic E-state index is 9.59. The van der Waals surface area contributed by atoms with Crippen molar-refractivity contribution in [1.82, 2.24) is 4.98 Å². The van der Waals surface area contributed by atoms with Crippen molar-refractivity contribution in [3.05, 3.63) is 65.2 Å². The van der Waals surface area contributed by atoms with Gasteiger partial charge in [0.1, 0.15) is 16.7 Å². The van der Waals surface area contributed by atoms with Crippen LogP contribution in [0.15, 0.2) is 53.6 Å². The molecule has 1 heterocycles. The molecule has 0 aliphatic rings. The summed E-state index contributed by atoms with van der Waals surface area (Å²) in [6.45, 7) is 2.76. The molecule has 114 valence electrons. The number of fused-ring (bicyclic) bond motifs is 1. The van der Waals surface area contributed by atoms with Crippen LogP contribution in [-0.2, 0) is 6.54 Å². The number of hydrogen-bond acceptors (Lipinski definition) is 4. The average Bonchev–Trinajstić information content (AvgIpc) is 2.58. The Balaban J connectivity index is 2.06. The molecule has 4 heteroatoms. The van der Waals surface area contributed by atoms with Crippen LogP contribution < -0.4 is 5.32 Å². The van der Waals surface area contributed by atoms with E-state index < -0.39 is 0 Å². The van der Waals surface area contributed by atoms with Gasteiger partial charge in [-0.05, 0) is 24.8 Å². The largest absolute Gasteiger partial charge is 0.379 e. The highest BCUT2D eigenvalue weighted by Gasteiger charge is 2.14. The van der Waals surface area contributed by atoms with E-state index in [1.165, 1.54) is 22.9 Å². The molecule has 0 spiro atoms. The van der Waals surface area contributed by atoms with Crippen LogP contribution in [0.3, 0.4) is 0 Å². The number of nitrogens with zero attached hydrogens (tertiary/aromatic N) is 2. The van der Waals surface area contributed by atoms with Crippen LogP contribution in [0.1, 0.15) is 16.7 Å². The second-order valence-electron chi connectivity index (χ2n) is 5.34. The van der Waals surface area contributed by atoms with Crippen molar-refractivity contribution >= 4 is 28.4 Å². The SMILES string of the molecule is CSc1nc2ccccc2c(NCc2cccc(C)c2)c1C#N. The van der Waals surface area contributed by atoms with Gasteiger partial charge in [-0.1, -0.05) is 48.0 Å². The topological polar surface area (TPSA) is 48.7 Å². The third kappa shape index (κ3) is 3.15. The third-order valence-corrected chi connectivity index (χ3v) is 4.40. The van der Waals surface area contributed by atoms with Crippen molar-refractivity contribution in [2.24, 2.45) is 0 Å². The first-order valence-corrected chi connectivity index (χ1v) is 8.61. The fourth-order valence-corrected chi connectivity index (χ4v) is 3.18. The van der Waals surface area contributed by atoms with Crippen LogP contribution in [0.25, 0.3) is 10.9 Å². The summed E-state index contributed by atoms with van der Waals surface area (Å²) in [5, 5.41) is 14.8. The Labute approximate surface area is 140 Å². The van der Waals surface area contributed by atoms with Crippen LogP contribution in [0.4, 0.5) is 5.69 Å². The lowest BCUT2D eigenvalue weighted by molar-refractivity contribution is 1.11. The second kappa shape index (κ2) is 6.72. The van der Waals surface area contributed by atoms with Crippen molar-refractivity contribution in [3.8, 4) is 6.07 Å². The lowest BCUT2D eigenvalue weighted by Crippen LogP contribution is -2.04. The fourth-order valence-electron chi connectivity index (χ4n) is 2.64. The van der Waals surface area contributed by atoms with Gasteiger partial charge in [-0.2, -0.15) is 5.26 Å². The number of aryl methyl sites for hydroxylation is 1. The molecule has 3 rings (SSSR count). The molecule has 2 aromatic carbocycles. The minimum absolute atomic E-state index is 0.615. The Morgan fingerprint density at radius 1 is 1.17 bits per heavy atom. The number of nitriles is 1. The first-order valence-electron chi connectivity index (χ1n) is 7.39. The Kier molecular flexibility index (Phi) is 4.50. The van der Waals surface area contributed by atoms with E-state index in [0.717, 1.165) is 21.6 Å². The predicted octanol–water partition coefficient (Wildman–Crippen LogP) is 4.75. The van der Waals surface area contributed by atoms with Gasteiger partial charge >= 0.3 is 0 Å². The van der Waals surface area contributed by atoms with Crippen LogP contribution >= 0.6 is 11.8 Å². The van der Waals surface area contributed by atoms with E-state index >= 15 is 0 Å². The number of thioether (sulfide) groups is 1.